The Kier molecular flexibility index (Phi) is 11.7. The molecule has 254 valence electrons. The molecule has 47 heavy (non-hydrogen) atoms. The van der Waals surface area contributed by atoms with E-state index >= 15 is 0 Å². The Labute approximate surface area is 277 Å². The Morgan fingerprint density at radius 3 is 2.49 bits per heavy atom. The summed E-state index contributed by atoms with van der Waals surface area (Å²) in [6, 6.07) is 16.9. The molecule has 6 N–H and O–H groups in total. The van der Waals surface area contributed by atoms with E-state index in [9.17, 15) is 25.2 Å². The molecule has 4 unspecified atom stereocenters. The second-order valence-electron chi connectivity index (χ2n) is 13.2. The fourth-order valence-corrected chi connectivity index (χ4v) is 6.02. The van der Waals surface area contributed by atoms with Crippen molar-refractivity contribution in [2.75, 3.05) is 20.2 Å². The van der Waals surface area contributed by atoms with Crippen LogP contribution in [-0.4, -0.2) is 92.0 Å². The fraction of sp³-hybridized carbons (Fsp3) is 0.514. The largest absolute Gasteiger partial charge is 0.490 e. The molecule has 0 radical (unpaired) electrons. The fourth-order valence-electron chi connectivity index (χ4n) is 6.02. The number of likely N-dealkylation sites (N-methyl/N-ethyl adjacent to an activating group) is 1. The molecule has 1 heterocycles. The number of carbonyl (C=O) groups excluding carboxylic acids is 1. The number of rotatable bonds is 18. The summed E-state index contributed by atoms with van der Waals surface area (Å²) in [7, 11) is 1.52. The van der Waals surface area contributed by atoms with Crippen LogP contribution >= 0.6 is 0 Å². The first-order valence-corrected chi connectivity index (χ1v) is 16.7. The molecule has 0 aliphatic heterocycles. The van der Waals surface area contributed by atoms with Gasteiger partial charge in [0.1, 0.15) is 30.2 Å². The van der Waals surface area contributed by atoms with Gasteiger partial charge in [0, 0.05) is 50.1 Å². The zero-order valence-electron chi connectivity index (χ0n) is 27.4. The minimum atomic E-state index is -1.72. The molecule has 10 heteroatoms. The topological polar surface area (TPSA) is 156 Å². The van der Waals surface area contributed by atoms with Crippen LogP contribution in [-0.2, 0) is 23.3 Å². The van der Waals surface area contributed by atoms with Gasteiger partial charge in [0.2, 0.25) is 5.91 Å². The predicted molar refractivity (Wildman–Crippen MR) is 179 cm³/mol. The molecule has 5 rings (SSSR count). The first kappa shape index (κ1) is 34.9. The van der Waals surface area contributed by atoms with E-state index in [0.717, 1.165) is 61.9 Å². The molecule has 0 bridgehead atoms. The zero-order valence-corrected chi connectivity index (χ0v) is 27.4. The first-order chi connectivity index (χ1) is 22.6. The molecule has 3 aromatic rings. The lowest BCUT2D eigenvalue weighted by molar-refractivity contribution is -0.138. The highest BCUT2D eigenvalue weighted by Crippen LogP contribution is 2.50. The van der Waals surface area contributed by atoms with Gasteiger partial charge in [-0.1, -0.05) is 36.4 Å². The molecule has 2 aromatic carbocycles. The number of aryl methyl sites for hydroxylation is 2. The van der Waals surface area contributed by atoms with Crippen molar-refractivity contribution in [2.45, 2.75) is 101 Å². The number of benzene rings is 2. The Morgan fingerprint density at radius 2 is 1.77 bits per heavy atom. The molecule has 0 saturated heterocycles. The Morgan fingerprint density at radius 1 is 1.02 bits per heavy atom. The highest BCUT2D eigenvalue weighted by Gasteiger charge is 2.46. The number of aliphatic hydroxyl groups is 5. The van der Waals surface area contributed by atoms with Crippen molar-refractivity contribution in [3.05, 3.63) is 83.2 Å². The Balaban J connectivity index is 1.13. The van der Waals surface area contributed by atoms with Crippen molar-refractivity contribution in [3.8, 4) is 16.9 Å². The Hall–Kier alpha value is -3.38. The first-order valence-electron chi connectivity index (χ1n) is 16.7. The molecule has 0 spiro atoms. The summed E-state index contributed by atoms with van der Waals surface area (Å²) in [5.74, 6) is 0.745. The number of unbranched alkanes of at least 4 members (excludes halogenated alkanes) is 1. The number of amides is 1. The number of ether oxygens (including phenoxy) is 1. The lowest BCUT2D eigenvalue weighted by Gasteiger charge is -2.28. The SMILES string of the molecule is Cc1ccc(CCCCC(=O)N(C)CC(O)C(O)C(O)C(O)CO)cc1CNC1(c2cnccc2-c2ccccc2OC2CC2)CC1. The van der Waals surface area contributed by atoms with Crippen molar-refractivity contribution < 1.29 is 35.1 Å². The number of para-hydroxylation sites is 1. The van der Waals surface area contributed by atoms with E-state index in [2.05, 4.69) is 59.7 Å². The summed E-state index contributed by atoms with van der Waals surface area (Å²) in [5, 5.41) is 52.3. The molecular weight excluding hydrogens is 598 g/mol. The van der Waals surface area contributed by atoms with Crippen molar-refractivity contribution >= 4 is 5.91 Å². The van der Waals surface area contributed by atoms with Gasteiger partial charge in [0.05, 0.1) is 12.7 Å². The minimum absolute atomic E-state index is 0.133. The number of hydrogen-bond donors (Lipinski definition) is 6. The van der Waals surface area contributed by atoms with Crippen LogP contribution in [0, 0.1) is 6.92 Å². The van der Waals surface area contributed by atoms with Crippen LogP contribution in [0.4, 0.5) is 0 Å². The van der Waals surface area contributed by atoms with Crippen LogP contribution in [0.15, 0.2) is 60.9 Å². The molecule has 2 aliphatic rings. The number of nitrogens with one attached hydrogen (secondary N) is 1. The predicted octanol–water partition coefficient (Wildman–Crippen LogP) is 2.98. The van der Waals surface area contributed by atoms with E-state index in [1.807, 2.05) is 18.5 Å². The monoisotopic (exact) mass is 647 g/mol. The minimum Gasteiger partial charge on any atom is -0.490 e. The van der Waals surface area contributed by atoms with Gasteiger partial charge >= 0.3 is 0 Å². The maximum Gasteiger partial charge on any atom is 0.222 e. The molecule has 10 nitrogen and oxygen atoms in total. The van der Waals surface area contributed by atoms with Gasteiger partial charge in [-0.3, -0.25) is 9.78 Å². The average Bonchev–Trinajstić information content (AvgIpc) is 4.03. The maximum absolute atomic E-state index is 12.6. The number of aromatic nitrogens is 1. The highest BCUT2D eigenvalue weighted by atomic mass is 16.5. The summed E-state index contributed by atoms with van der Waals surface area (Å²) < 4.78 is 6.26. The molecular formula is C37H49N3O7. The van der Waals surface area contributed by atoms with E-state index in [0.29, 0.717) is 12.5 Å². The van der Waals surface area contributed by atoms with Crippen LogP contribution in [0.5, 0.6) is 5.75 Å². The second-order valence-corrected chi connectivity index (χ2v) is 13.2. The maximum atomic E-state index is 12.6. The third-order valence-corrected chi connectivity index (χ3v) is 9.43. The van der Waals surface area contributed by atoms with Crippen molar-refractivity contribution in [2.24, 2.45) is 0 Å². The molecule has 2 fully saturated rings. The summed E-state index contributed by atoms with van der Waals surface area (Å²) in [4.78, 5) is 18.4. The molecule has 1 amide bonds. The molecule has 2 aliphatic carbocycles. The number of aliphatic hydroxyl groups excluding tert-OH is 5. The zero-order chi connectivity index (χ0) is 33.6. The standard InChI is InChI=1S/C37H49N3O7/c1-24-11-12-25(7-3-6-10-34(44)40(2)22-31(42)35(45)36(46)32(43)23-41)19-26(24)20-39-37(16-17-37)30-21-38-18-15-28(30)29-8-4-5-9-33(29)47-27-13-14-27/h4-5,8-9,11-12,15,18-19,21,27,31-32,35-36,39,41-43,45-46H,3,6-7,10,13-14,16-17,20,22-23H2,1-2H3. The number of carbonyl (C=O) groups is 1. The Bertz CT molecular complexity index is 1490. The van der Waals surface area contributed by atoms with Gasteiger partial charge in [-0.2, -0.15) is 0 Å². The number of nitrogens with zero attached hydrogens (tertiary/aromatic N) is 2. The van der Waals surface area contributed by atoms with Crippen molar-refractivity contribution in [1.29, 1.82) is 0 Å². The van der Waals surface area contributed by atoms with Gasteiger partial charge < -0.3 is 40.5 Å². The van der Waals surface area contributed by atoms with Crippen LogP contribution in [0.3, 0.4) is 0 Å². The van der Waals surface area contributed by atoms with Gasteiger partial charge in [-0.05, 0) is 91.8 Å². The van der Waals surface area contributed by atoms with Gasteiger partial charge in [-0.25, -0.2) is 0 Å². The third kappa shape index (κ3) is 8.95. The van der Waals surface area contributed by atoms with Crippen LogP contribution in [0.25, 0.3) is 11.1 Å². The summed E-state index contributed by atoms with van der Waals surface area (Å²) in [5.41, 5.74) is 7.02. The van der Waals surface area contributed by atoms with Crippen molar-refractivity contribution in [1.82, 2.24) is 15.2 Å². The van der Waals surface area contributed by atoms with Crippen molar-refractivity contribution in [3.63, 3.8) is 0 Å². The summed E-state index contributed by atoms with van der Waals surface area (Å²) in [6.07, 6.45) is 4.61. The van der Waals surface area contributed by atoms with Crippen LogP contribution in [0.2, 0.25) is 0 Å². The number of hydrogen-bond acceptors (Lipinski definition) is 9. The third-order valence-electron chi connectivity index (χ3n) is 9.43. The van der Waals surface area contributed by atoms with Crippen LogP contribution in [0.1, 0.15) is 67.2 Å². The summed E-state index contributed by atoms with van der Waals surface area (Å²) in [6.45, 7) is 1.91. The number of pyridine rings is 1. The highest BCUT2D eigenvalue weighted by molar-refractivity contribution is 5.76. The van der Waals surface area contributed by atoms with Gasteiger partial charge in [0.25, 0.3) is 0 Å². The van der Waals surface area contributed by atoms with E-state index in [1.54, 1.807) is 0 Å². The second kappa shape index (κ2) is 15.7. The van der Waals surface area contributed by atoms with E-state index in [-0.39, 0.29) is 24.4 Å². The smallest absolute Gasteiger partial charge is 0.222 e. The molecule has 1 aromatic heterocycles. The summed E-state index contributed by atoms with van der Waals surface area (Å²) >= 11 is 0. The lowest BCUT2D eigenvalue weighted by Crippen LogP contribution is -2.49. The van der Waals surface area contributed by atoms with Gasteiger partial charge in [0.15, 0.2) is 0 Å². The molecule has 2 saturated carbocycles. The quantitative estimate of drug-likeness (QED) is 0.114. The van der Waals surface area contributed by atoms with E-state index in [4.69, 9.17) is 9.84 Å². The van der Waals surface area contributed by atoms with Crippen LogP contribution < -0.4 is 10.1 Å². The lowest BCUT2D eigenvalue weighted by atomic mass is 9.94. The van der Waals surface area contributed by atoms with E-state index < -0.39 is 31.0 Å². The molecule has 4 atom stereocenters. The average molecular weight is 648 g/mol. The van der Waals surface area contributed by atoms with E-state index in [1.165, 1.54) is 34.2 Å². The normalized spacial score (nSPS) is 17.9. The van der Waals surface area contributed by atoms with Gasteiger partial charge in [-0.15, -0.1) is 0 Å².